The molecule has 7 nitrogen and oxygen atoms in total. The molecule has 0 spiro atoms. The molecule has 0 atom stereocenters. The first-order chi connectivity index (χ1) is 8.34. The van der Waals surface area contributed by atoms with Gasteiger partial charge in [-0.3, -0.25) is 5.10 Å². The molecule has 0 radical (unpaired) electrons. The van der Waals surface area contributed by atoms with E-state index in [1.807, 2.05) is 0 Å². The Balaban J connectivity index is 2.04. The molecule has 2 N–H and O–H groups in total. The highest BCUT2D eigenvalue weighted by molar-refractivity contribution is 5.63. The molecule has 3 rings (SSSR count). The van der Waals surface area contributed by atoms with Gasteiger partial charge in [-0.1, -0.05) is 17.3 Å². The zero-order valence-electron chi connectivity index (χ0n) is 8.53. The summed E-state index contributed by atoms with van der Waals surface area (Å²) < 4.78 is 5.05. The highest BCUT2D eigenvalue weighted by Crippen LogP contribution is 2.27. The number of hydrogen-bond donors (Lipinski definition) is 2. The molecule has 2 aromatic heterocycles. The van der Waals surface area contributed by atoms with E-state index in [4.69, 9.17) is 4.52 Å². The molecule has 0 saturated heterocycles. The summed E-state index contributed by atoms with van der Waals surface area (Å²) in [6.45, 7) is 0. The Morgan fingerprint density at radius 2 is 2.12 bits per heavy atom. The monoisotopic (exact) mass is 229 g/mol. The van der Waals surface area contributed by atoms with Crippen molar-refractivity contribution >= 4 is 0 Å². The van der Waals surface area contributed by atoms with Gasteiger partial charge >= 0.3 is 0 Å². The van der Waals surface area contributed by atoms with Crippen molar-refractivity contribution in [3.05, 3.63) is 30.6 Å². The summed E-state index contributed by atoms with van der Waals surface area (Å²) in [6, 6.07) is 6.72. The van der Waals surface area contributed by atoms with Crippen LogP contribution in [-0.4, -0.2) is 30.4 Å². The van der Waals surface area contributed by atoms with Crippen LogP contribution in [0.3, 0.4) is 0 Å². The Bertz CT molecular complexity index is 632. The number of phenols is 1. The van der Waals surface area contributed by atoms with Gasteiger partial charge in [-0.2, -0.15) is 10.1 Å². The maximum atomic E-state index is 9.64. The number of aromatic nitrogens is 5. The van der Waals surface area contributed by atoms with Crippen molar-refractivity contribution in [3.63, 3.8) is 0 Å². The highest BCUT2D eigenvalue weighted by atomic mass is 16.5. The SMILES string of the molecule is Oc1ccccc1-c1nc(-c2ncn[nH]2)no1. The van der Waals surface area contributed by atoms with Crippen molar-refractivity contribution in [2.45, 2.75) is 0 Å². The molecule has 17 heavy (non-hydrogen) atoms. The Hall–Kier alpha value is -2.70. The molecule has 0 unspecified atom stereocenters. The minimum atomic E-state index is 0.0836. The third-order valence-corrected chi connectivity index (χ3v) is 2.19. The molecule has 2 heterocycles. The quantitative estimate of drug-likeness (QED) is 0.685. The first kappa shape index (κ1) is 9.52. The van der Waals surface area contributed by atoms with Gasteiger partial charge < -0.3 is 9.63 Å². The topological polar surface area (TPSA) is 101 Å². The first-order valence-electron chi connectivity index (χ1n) is 4.82. The fourth-order valence-electron chi connectivity index (χ4n) is 1.40. The molecule has 7 heteroatoms. The van der Waals surface area contributed by atoms with E-state index < -0.39 is 0 Å². The number of hydrogen-bond acceptors (Lipinski definition) is 6. The third-order valence-electron chi connectivity index (χ3n) is 2.19. The molecule has 0 aliphatic heterocycles. The number of nitrogens with zero attached hydrogens (tertiary/aromatic N) is 4. The van der Waals surface area contributed by atoms with Crippen LogP contribution in [0.2, 0.25) is 0 Å². The highest BCUT2D eigenvalue weighted by Gasteiger charge is 2.14. The fourth-order valence-corrected chi connectivity index (χ4v) is 1.40. The van der Waals surface area contributed by atoms with Crippen molar-refractivity contribution in [2.75, 3.05) is 0 Å². The van der Waals surface area contributed by atoms with E-state index in [1.54, 1.807) is 24.3 Å². The van der Waals surface area contributed by atoms with Gasteiger partial charge in [0.2, 0.25) is 5.82 Å². The van der Waals surface area contributed by atoms with Crippen molar-refractivity contribution in [1.29, 1.82) is 0 Å². The predicted octanol–water partition coefficient (Wildman–Crippen LogP) is 1.23. The van der Waals surface area contributed by atoms with Crippen LogP contribution in [0.5, 0.6) is 5.75 Å². The van der Waals surface area contributed by atoms with Crippen LogP contribution in [0.4, 0.5) is 0 Å². The third kappa shape index (κ3) is 1.63. The minimum Gasteiger partial charge on any atom is -0.507 e. The zero-order valence-corrected chi connectivity index (χ0v) is 8.53. The molecule has 1 aromatic carbocycles. The summed E-state index contributed by atoms with van der Waals surface area (Å²) in [5.74, 6) is 1.02. The van der Waals surface area contributed by atoms with Crippen LogP contribution >= 0.6 is 0 Å². The van der Waals surface area contributed by atoms with Gasteiger partial charge in [0.15, 0.2) is 5.82 Å². The molecule has 3 aromatic rings. The Morgan fingerprint density at radius 1 is 1.24 bits per heavy atom. The number of H-pyrrole nitrogens is 1. The second kappa shape index (κ2) is 3.71. The van der Waals surface area contributed by atoms with Crippen molar-refractivity contribution in [1.82, 2.24) is 25.3 Å². The number of nitrogens with one attached hydrogen (secondary N) is 1. The maximum Gasteiger partial charge on any atom is 0.262 e. The number of para-hydroxylation sites is 1. The second-order valence-corrected chi connectivity index (χ2v) is 3.27. The Kier molecular flexibility index (Phi) is 2.08. The molecule has 0 bridgehead atoms. The summed E-state index contributed by atoms with van der Waals surface area (Å²) >= 11 is 0. The summed E-state index contributed by atoms with van der Waals surface area (Å²) in [4.78, 5) is 8.01. The largest absolute Gasteiger partial charge is 0.507 e. The van der Waals surface area contributed by atoms with Gasteiger partial charge in [0.1, 0.15) is 12.1 Å². The summed E-state index contributed by atoms with van der Waals surface area (Å²) in [5.41, 5.74) is 0.478. The average molecular weight is 229 g/mol. The van der Waals surface area contributed by atoms with Gasteiger partial charge in [0.05, 0.1) is 5.56 Å². The van der Waals surface area contributed by atoms with Crippen LogP contribution < -0.4 is 0 Å². The van der Waals surface area contributed by atoms with Gasteiger partial charge in [-0.25, -0.2) is 4.98 Å². The van der Waals surface area contributed by atoms with Crippen LogP contribution in [0.15, 0.2) is 35.1 Å². The number of benzene rings is 1. The molecular weight excluding hydrogens is 222 g/mol. The first-order valence-corrected chi connectivity index (χ1v) is 4.82. The van der Waals surface area contributed by atoms with Crippen LogP contribution in [0, 0.1) is 0 Å². The summed E-state index contributed by atoms with van der Waals surface area (Å²) in [6.07, 6.45) is 1.35. The number of aromatic hydroxyl groups is 1. The van der Waals surface area contributed by atoms with Gasteiger partial charge in [-0.15, -0.1) is 0 Å². The number of aromatic amines is 1. The molecule has 0 aliphatic carbocycles. The minimum absolute atomic E-state index is 0.0836. The van der Waals surface area contributed by atoms with E-state index >= 15 is 0 Å². The normalized spacial score (nSPS) is 10.6. The predicted molar refractivity (Wildman–Crippen MR) is 56.8 cm³/mol. The van der Waals surface area contributed by atoms with E-state index in [0.717, 1.165) is 0 Å². The zero-order chi connectivity index (χ0) is 11.7. The summed E-state index contributed by atoms with van der Waals surface area (Å²) in [7, 11) is 0. The van der Waals surface area contributed by atoms with Crippen molar-refractivity contribution in [3.8, 4) is 28.9 Å². The fraction of sp³-hybridized carbons (Fsp3) is 0. The lowest BCUT2D eigenvalue weighted by Gasteiger charge is -1.96. The van der Waals surface area contributed by atoms with E-state index in [2.05, 4.69) is 25.3 Å². The standard InChI is InChI=1S/C10H7N5O2/c16-7-4-2-1-3-6(7)10-13-9(15-17-10)8-11-5-12-14-8/h1-5,16H,(H,11,12,14). The van der Waals surface area contributed by atoms with E-state index in [1.165, 1.54) is 6.33 Å². The lowest BCUT2D eigenvalue weighted by Crippen LogP contribution is -1.83. The molecule has 0 amide bonds. The molecule has 84 valence electrons. The maximum absolute atomic E-state index is 9.64. The molecular formula is C10H7N5O2. The number of rotatable bonds is 2. The van der Waals surface area contributed by atoms with Crippen LogP contribution in [0.25, 0.3) is 23.1 Å². The second-order valence-electron chi connectivity index (χ2n) is 3.27. The Morgan fingerprint density at radius 3 is 2.88 bits per heavy atom. The number of phenolic OH excluding ortho intramolecular Hbond substituents is 1. The van der Waals surface area contributed by atoms with E-state index in [0.29, 0.717) is 17.2 Å². The van der Waals surface area contributed by atoms with Crippen LogP contribution in [-0.2, 0) is 0 Å². The Labute approximate surface area is 95.1 Å². The average Bonchev–Trinajstić information content (AvgIpc) is 3.00. The van der Waals surface area contributed by atoms with Crippen molar-refractivity contribution in [2.24, 2.45) is 0 Å². The smallest absolute Gasteiger partial charge is 0.262 e. The molecule has 0 aliphatic rings. The van der Waals surface area contributed by atoms with Gasteiger partial charge in [-0.05, 0) is 12.1 Å². The van der Waals surface area contributed by atoms with Gasteiger partial charge in [0.25, 0.3) is 5.89 Å². The molecule has 0 fully saturated rings. The van der Waals surface area contributed by atoms with Crippen LogP contribution in [0.1, 0.15) is 0 Å². The van der Waals surface area contributed by atoms with Crippen molar-refractivity contribution < 1.29 is 9.63 Å². The molecule has 0 saturated carbocycles. The summed E-state index contributed by atoms with van der Waals surface area (Å²) in [5, 5.41) is 19.7. The van der Waals surface area contributed by atoms with E-state index in [-0.39, 0.29) is 11.6 Å². The lowest BCUT2D eigenvalue weighted by atomic mass is 10.2. The van der Waals surface area contributed by atoms with Gasteiger partial charge in [0, 0.05) is 0 Å². The lowest BCUT2D eigenvalue weighted by molar-refractivity contribution is 0.425. The van der Waals surface area contributed by atoms with E-state index in [9.17, 15) is 5.11 Å².